The van der Waals surface area contributed by atoms with E-state index in [1.54, 1.807) is 29.0 Å². The van der Waals surface area contributed by atoms with E-state index >= 15 is 0 Å². The number of nitrogens with one attached hydrogen (secondary N) is 1. The second-order valence-electron chi connectivity index (χ2n) is 4.65. The largest absolute Gasteiger partial charge is 0.337 e. The molecule has 0 radical (unpaired) electrons. The number of carbonyl (C=O) groups excluding carboxylic acids is 1. The fourth-order valence-corrected chi connectivity index (χ4v) is 2.54. The molecule has 3 nitrogen and oxygen atoms in total. The summed E-state index contributed by atoms with van der Waals surface area (Å²) in [5.74, 6) is -0.765. The molecule has 0 fully saturated rings. The number of carbonyl (C=O) groups is 1. The van der Waals surface area contributed by atoms with E-state index in [1.807, 2.05) is 18.2 Å². The van der Waals surface area contributed by atoms with Gasteiger partial charge in [-0.15, -0.1) is 0 Å². The minimum absolute atomic E-state index is 0.0710. The van der Waals surface area contributed by atoms with Crippen molar-refractivity contribution < 1.29 is 9.18 Å². The van der Waals surface area contributed by atoms with E-state index in [9.17, 15) is 9.18 Å². The number of anilines is 1. The molecule has 1 aromatic heterocycles. The van der Waals surface area contributed by atoms with Crippen molar-refractivity contribution in [2.75, 3.05) is 5.32 Å². The molecule has 5 heteroatoms. The predicted molar refractivity (Wildman–Crippen MR) is 82.0 cm³/mol. The van der Waals surface area contributed by atoms with Gasteiger partial charge in [0.05, 0.1) is 16.2 Å². The smallest absolute Gasteiger partial charge is 0.244 e. The minimum atomic E-state index is -0.457. The molecular formula is C16H12ClFN2O. The highest BCUT2D eigenvalue weighted by atomic mass is 35.5. The molecule has 2 aromatic carbocycles. The summed E-state index contributed by atoms with van der Waals surface area (Å²) in [5.41, 5.74) is 0.966. The zero-order valence-corrected chi connectivity index (χ0v) is 11.8. The van der Waals surface area contributed by atoms with Gasteiger partial charge in [0, 0.05) is 11.6 Å². The number of para-hydroxylation sites is 2. The average Bonchev–Trinajstić information content (AvgIpc) is 2.86. The molecule has 0 spiro atoms. The lowest BCUT2D eigenvalue weighted by Gasteiger charge is -2.08. The van der Waals surface area contributed by atoms with Gasteiger partial charge in [0.25, 0.3) is 0 Å². The summed E-state index contributed by atoms with van der Waals surface area (Å²) in [6.45, 7) is 0.0710. The maximum atomic E-state index is 13.5. The summed E-state index contributed by atoms with van der Waals surface area (Å²) in [7, 11) is 0. The fourth-order valence-electron chi connectivity index (χ4n) is 2.25. The van der Waals surface area contributed by atoms with Crippen LogP contribution in [0.5, 0.6) is 0 Å². The number of amides is 1. The minimum Gasteiger partial charge on any atom is -0.337 e. The van der Waals surface area contributed by atoms with Crippen LogP contribution in [0.3, 0.4) is 0 Å². The summed E-state index contributed by atoms with van der Waals surface area (Å²) < 4.78 is 15.2. The van der Waals surface area contributed by atoms with Gasteiger partial charge in [0.2, 0.25) is 5.91 Å². The first kappa shape index (κ1) is 13.6. The van der Waals surface area contributed by atoms with Crippen LogP contribution < -0.4 is 5.32 Å². The standard InChI is InChI=1S/C16H12ClFN2O/c17-12-5-3-4-11-8-9-20(16(11)12)10-15(21)19-14-7-2-1-6-13(14)18/h1-9H,10H2,(H,19,21). The molecule has 0 aliphatic rings. The normalized spacial score (nSPS) is 10.8. The first-order chi connectivity index (χ1) is 10.1. The van der Waals surface area contributed by atoms with E-state index in [-0.39, 0.29) is 18.1 Å². The summed E-state index contributed by atoms with van der Waals surface area (Å²) in [6, 6.07) is 13.5. The maximum absolute atomic E-state index is 13.5. The van der Waals surface area contributed by atoms with Crippen molar-refractivity contribution in [3.8, 4) is 0 Å². The number of fused-ring (bicyclic) bond motifs is 1. The van der Waals surface area contributed by atoms with Crippen molar-refractivity contribution in [1.29, 1.82) is 0 Å². The van der Waals surface area contributed by atoms with Crippen LogP contribution in [0, 0.1) is 5.82 Å². The van der Waals surface area contributed by atoms with Gasteiger partial charge < -0.3 is 9.88 Å². The number of benzene rings is 2. The van der Waals surface area contributed by atoms with E-state index in [2.05, 4.69) is 5.32 Å². The summed E-state index contributed by atoms with van der Waals surface area (Å²) in [6.07, 6.45) is 1.79. The van der Waals surface area contributed by atoms with Crippen LogP contribution in [0.15, 0.2) is 54.7 Å². The molecule has 1 heterocycles. The molecule has 1 amide bonds. The Bertz CT molecular complexity index is 813. The van der Waals surface area contributed by atoms with Gasteiger partial charge in [-0.1, -0.05) is 35.9 Å². The Hall–Kier alpha value is -2.33. The van der Waals surface area contributed by atoms with Crippen LogP contribution in [0.2, 0.25) is 5.02 Å². The molecule has 3 aromatic rings. The van der Waals surface area contributed by atoms with E-state index in [4.69, 9.17) is 11.6 Å². The van der Waals surface area contributed by atoms with E-state index in [0.29, 0.717) is 5.02 Å². The Balaban J connectivity index is 1.83. The lowest BCUT2D eigenvalue weighted by Crippen LogP contribution is -2.18. The molecule has 0 saturated heterocycles. The monoisotopic (exact) mass is 302 g/mol. The van der Waals surface area contributed by atoms with E-state index in [0.717, 1.165) is 10.9 Å². The summed E-state index contributed by atoms with van der Waals surface area (Å²) in [4.78, 5) is 12.0. The molecule has 0 aliphatic heterocycles. The lowest BCUT2D eigenvalue weighted by atomic mass is 10.2. The zero-order chi connectivity index (χ0) is 14.8. The van der Waals surface area contributed by atoms with Crippen molar-refractivity contribution >= 4 is 34.1 Å². The fraction of sp³-hybridized carbons (Fsp3) is 0.0625. The highest BCUT2D eigenvalue weighted by Gasteiger charge is 2.10. The molecule has 0 unspecified atom stereocenters. The van der Waals surface area contributed by atoms with Crippen molar-refractivity contribution in [1.82, 2.24) is 4.57 Å². The highest BCUT2D eigenvalue weighted by molar-refractivity contribution is 6.35. The van der Waals surface area contributed by atoms with E-state index < -0.39 is 5.82 Å². The van der Waals surface area contributed by atoms with Gasteiger partial charge in [-0.05, 0) is 24.3 Å². The quantitative estimate of drug-likeness (QED) is 0.777. The number of hydrogen-bond acceptors (Lipinski definition) is 1. The van der Waals surface area contributed by atoms with Crippen LogP contribution >= 0.6 is 11.6 Å². The second-order valence-corrected chi connectivity index (χ2v) is 5.06. The molecule has 1 N–H and O–H groups in total. The molecular weight excluding hydrogens is 291 g/mol. The third-order valence-corrected chi connectivity index (χ3v) is 3.51. The van der Waals surface area contributed by atoms with Crippen LogP contribution in [-0.2, 0) is 11.3 Å². The molecule has 0 aliphatic carbocycles. The third-order valence-electron chi connectivity index (χ3n) is 3.20. The van der Waals surface area contributed by atoms with Gasteiger partial charge in [0.15, 0.2) is 0 Å². The maximum Gasteiger partial charge on any atom is 0.244 e. The predicted octanol–water partition coefficient (Wildman–Crippen LogP) is 4.07. The van der Waals surface area contributed by atoms with Crippen molar-refractivity contribution in [2.24, 2.45) is 0 Å². The van der Waals surface area contributed by atoms with Crippen LogP contribution in [0.1, 0.15) is 0 Å². The van der Waals surface area contributed by atoms with Crippen molar-refractivity contribution in [2.45, 2.75) is 6.54 Å². The number of aromatic nitrogens is 1. The Kier molecular flexibility index (Phi) is 3.62. The van der Waals surface area contributed by atoms with Gasteiger partial charge in [-0.2, -0.15) is 0 Å². The zero-order valence-electron chi connectivity index (χ0n) is 11.0. The molecule has 106 valence electrons. The molecule has 3 rings (SSSR count). The van der Waals surface area contributed by atoms with Crippen LogP contribution in [0.25, 0.3) is 10.9 Å². The SMILES string of the molecule is O=C(Cn1ccc2cccc(Cl)c21)Nc1ccccc1F. The van der Waals surface area contributed by atoms with E-state index in [1.165, 1.54) is 12.1 Å². The number of nitrogens with zero attached hydrogens (tertiary/aromatic N) is 1. The highest BCUT2D eigenvalue weighted by Crippen LogP contribution is 2.24. The van der Waals surface area contributed by atoms with Gasteiger partial charge >= 0.3 is 0 Å². The first-order valence-electron chi connectivity index (χ1n) is 6.43. The first-order valence-corrected chi connectivity index (χ1v) is 6.81. The Morgan fingerprint density at radius 3 is 2.76 bits per heavy atom. The summed E-state index contributed by atoms with van der Waals surface area (Å²) >= 11 is 6.16. The second kappa shape index (κ2) is 5.58. The number of rotatable bonds is 3. The van der Waals surface area contributed by atoms with Gasteiger partial charge in [-0.3, -0.25) is 4.79 Å². The van der Waals surface area contributed by atoms with Crippen molar-refractivity contribution in [3.05, 3.63) is 65.6 Å². The molecule has 21 heavy (non-hydrogen) atoms. The van der Waals surface area contributed by atoms with Gasteiger partial charge in [0.1, 0.15) is 12.4 Å². The molecule has 0 bridgehead atoms. The number of halogens is 2. The van der Waals surface area contributed by atoms with Crippen molar-refractivity contribution in [3.63, 3.8) is 0 Å². The Labute approximate surface area is 125 Å². The topological polar surface area (TPSA) is 34.0 Å². The van der Waals surface area contributed by atoms with Gasteiger partial charge in [-0.25, -0.2) is 4.39 Å². The third kappa shape index (κ3) is 2.76. The van der Waals surface area contributed by atoms with Crippen LogP contribution in [0.4, 0.5) is 10.1 Å². The number of hydrogen-bond donors (Lipinski definition) is 1. The molecule has 0 atom stereocenters. The van der Waals surface area contributed by atoms with Crippen LogP contribution in [-0.4, -0.2) is 10.5 Å². The lowest BCUT2D eigenvalue weighted by molar-refractivity contribution is -0.116. The molecule has 0 saturated carbocycles. The Morgan fingerprint density at radius 2 is 1.95 bits per heavy atom. The summed E-state index contributed by atoms with van der Waals surface area (Å²) in [5, 5.41) is 4.09. The average molecular weight is 303 g/mol. The Morgan fingerprint density at radius 1 is 1.14 bits per heavy atom.